The van der Waals surface area contributed by atoms with Crippen LogP contribution >= 0.6 is 24.0 Å². The Morgan fingerprint density at radius 2 is 1.58 bits per heavy atom. The van der Waals surface area contributed by atoms with Gasteiger partial charge in [0.05, 0.1) is 13.1 Å². The van der Waals surface area contributed by atoms with Crippen LogP contribution in [0.25, 0.3) is 0 Å². The Morgan fingerprint density at radius 1 is 0.923 bits per heavy atom. The van der Waals surface area contributed by atoms with Crippen molar-refractivity contribution < 1.29 is 4.79 Å². The molecule has 0 spiro atoms. The van der Waals surface area contributed by atoms with Crippen molar-refractivity contribution in [3.8, 4) is 0 Å². The van der Waals surface area contributed by atoms with Gasteiger partial charge in [-0.25, -0.2) is 4.99 Å². The molecule has 0 radical (unpaired) electrons. The summed E-state index contributed by atoms with van der Waals surface area (Å²) >= 11 is 0. The molecular formula is C20H27IN4O. The lowest BCUT2D eigenvalue weighted by atomic mass is 10.1. The summed E-state index contributed by atoms with van der Waals surface area (Å²) in [4.78, 5) is 16.6. The molecule has 6 heteroatoms. The Bertz CT molecular complexity index is 704. The summed E-state index contributed by atoms with van der Waals surface area (Å²) in [6.07, 6.45) is 0.981. The molecule has 0 fully saturated rings. The van der Waals surface area contributed by atoms with E-state index in [9.17, 15) is 4.79 Å². The highest BCUT2D eigenvalue weighted by molar-refractivity contribution is 14.0. The number of carbonyl (C=O) groups excluding carboxylic acids is 1. The summed E-state index contributed by atoms with van der Waals surface area (Å²) in [7, 11) is 0. The van der Waals surface area contributed by atoms with E-state index < -0.39 is 0 Å². The maximum atomic E-state index is 12.0. The van der Waals surface area contributed by atoms with Crippen molar-refractivity contribution in [2.45, 2.75) is 26.8 Å². The third-order valence-electron chi connectivity index (χ3n) is 3.72. The summed E-state index contributed by atoms with van der Waals surface area (Å²) in [6, 6.07) is 17.7. The molecule has 2 rings (SSSR count). The van der Waals surface area contributed by atoms with Gasteiger partial charge in [0.15, 0.2) is 5.96 Å². The highest BCUT2D eigenvalue weighted by Crippen LogP contribution is 2.10. The highest BCUT2D eigenvalue weighted by Gasteiger charge is 2.05. The minimum Gasteiger partial charge on any atom is -0.357 e. The van der Waals surface area contributed by atoms with Crippen molar-refractivity contribution in [2.24, 2.45) is 4.99 Å². The second-order valence-electron chi connectivity index (χ2n) is 5.59. The third-order valence-corrected chi connectivity index (χ3v) is 3.72. The van der Waals surface area contributed by atoms with E-state index in [-0.39, 0.29) is 36.4 Å². The van der Waals surface area contributed by atoms with E-state index in [0.717, 1.165) is 18.7 Å². The highest BCUT2D eigenvalue weighted by atomic mass is 127. The monoisotopic (exact) mass is 466 g/mol. The molecule has 0 heterocycles. The number of nitrogens with zero attached hydrogens (tertiary/aromatic N) is 1. The Hall–Kier alpha value is -2.09. The molecule has 2 aromatic rings. The van der Waals surface area contributed by atoms with Crippen LogP contribution in [0.5, 0.6) is 0 Å². The van der Waals surface area contributed by atoms with Gasteiger partial charge in [0, 0.05) is 12.2 Å². The van der Waals surface area contributed by atoms with Crippen LogP contribution < -0.4 is 16.0 Å². The Balaban J connectivity index is 0.00000338. The maximum Gasteiger partial charge on any atom is 0.243 e. The van der Waals surface area contributed by atoms with Crippen molar-refractivity contribution in [1.82, 2.24) is 10.6 Å². The van der Waals surface area contributed by atoms with Crippen LogP contribution in [0, 0.1) is 0 Å². The molecule has 1 amide bonds. The van der Waals surface area contributed by atoms with Crippen LogP contribution in [0.1, 0.15) is 25.0 Å². The maximum absolute atomic E-state index is 12.0. The Labute approximate surface area is 172 Å². The van der Waals surface area contributed by atoms with Gasteiger partial charge in [0.1, 0.15) is 0 Å². The molecule has 2 aromatic carbocycles. The van der Waals surface area contributed by atoms with Gasteiger partial charge in [-0.05, 0) is 36.6 Å². The van der Waals surface area contributed by atoms with E-state index in [2.05, 4.69) is 40.0 Å². The predicted octanol–water partition coefficient (Wildman–Crippen LogP) is 3.56. The van der Waals surface area contributed by atoms with Crippen molar-refractivity contribution in [3.05, 3.63) is 65.7 Å². The number of para-hydroxylation sites is 1. The van der Waals surface area contributed by atoms with E-state index in [1.807, 2.05) is 49.4 Å². The van der Waals surface area contributed by atoms with Gasteiger partial charge in [-0.3, -0.25) is 4.79 Å². The van der Waals surface area contributed by atoms with E-state index in [4.69, 9.17) is 0 Å². The summed E-state index contributed by atoms with van der Waals surface area (Å²) in [6.45, 7) is 5.62. The minimum absolute atomic E-state index is 0. The second-order valence-corrected chi connectivity index (χ2v) is 5.59. The molecule has 0 aliphatic heterocycles. The van der Waals surface area contributed by atoms with Crippen LogP contribution in [0.4, 0.5) is 5.69 Å². The first-order chi connectivity index (χ1) is 12.2. The van der Waals surface area contributed by atoms with Gasteiger partial charge in [-0.2, -0.15) is 0 Å². The molecule has 0 saturated heterocycles. The number of hydrogen-bond acceptors (Lipinski definition) is 2. The second kappa shape index (κ2) is 12.3. The van der Waals surface area contributed by atoms with E-state index >= 15 is 0 Å². The lowest BCUT2D eigenvalue weighted by Gasteiger charge is -2.12. The molecule has 5 nitrogen and oxygen atoms in total. The van der Waals surface area contributed by atoms with Crippen LogP contribution in [0.2, 0.25) is 0 Å². The molecule has 0 atom stereocenters. The molecule has 3 N–H and O–H groups in total. The number of guanidine groups is 1. The summed E-state index contributed by atoms with van der Waals surface area (Å²) in [5.41, 5.74) is 3.29. The number of amides is 1. The van der Waals surface area contributed by atoms with Crippen LogP contribution in [-0.4, -0.2) is 25.0 Å². The number of nitrogens with one attached hydrogen (secondary N) is 3. The quantitative estimate of drug-likeness (QED) is 0.332. The third kappa shape index (κ3) is 7.43. The average molecular weight is 466 g/mol. The lowest BCUT2D eigenvalue weighted by Crippen LogP contribution is -2.41. The molecule has 140 valence electrons. The summed E-state index contributed by atoms with van der Waals surface area (Å²) in [5, 5.41) is 9.09. The number of halogens is 1. The van der Waals surface area contributed by atoms with Crippen molar-refractivity contribution in [3.63, 3.8) is 0 Å². The van der Waals surface area contributed by atoms with Gasteiger partial charge < -0.3 is 16.0 Å². The molecular weight excluding hydrogens is 439 g/mol. The minimum atomic E-state index is -0.106. The van der Waals surface area contributed by atoms with E-state index in [1.165, 1.54) is 11.1 Å². The van der Waals surface area contributed by atoms with Gasteiger partial charge in [0.25, 0.3) is 0 Å². The van der Waals surface area contributed by atoms with Gasteiger partial charge in [-0.15, -0.1) is 24.0 Å². The fourth-order valence-electron chi connectivity index (χ4n) is 2.45. The smallest absolute Gasteiger partial charge is 0.243 e. The molecule has 0 aromatic heterocycles. The van der Waals surface area contributed by atoms with E-state index in [0.29, 0.717) is 12.5 Å². The van der Waals surface area contributed by atoms with Crippen molar-refractivity contribution in [2.75, 3.05) is 18.4 Å². The first kappa shape index (κ1) is 22.0. The molecule has 0 unspecified atom stereocenters. The molecule has 0 bridgehead atoms. The van der Waals surface area contributed by atoms with Gasteiger partial charge >= 0.3 is 0 Å². The first-order valence-electron chi connectivity index (χ1n) is 8.66. The average Bonchev–Trinajstić information content (AvgIpc) is 2.65. The first-order valence-corrected chi connectivity index (χ1v) is 8.66. The fourth-order valence-corrected chi connectivity index (χ4v) is 2.45. The molecule has 0 saturated carbocycles. The van der Waals surface area contributed by atoms with Crippen LogP contribution in [0.15, 0.2) is 59.6 Å². The number of anilines is 1. The summed E-state index contributed by atoms with van der Waals surface area (Å²) < 4.78 is 0. The van der Waals surface area contributed by atoms with E-state index in [1.54, 1.807) is 0 Å². The number of benzene rings is 2. The van der Waals surface area contributed by atoms with Gasteiger partial charge in [-0.1, -0.05) is 49.4 Å². The fraction of sp³-hybridized carbons (Fsp3) is 0.300. The molecule has 26 heavy (non-hydrogen) atoms. The number of aliphatic imine (C=N–C) groups is 1. The normalized spacial score (nSPS) is 10.6. The lowest BCUT2D eigenvalue weighted by molar-refractivity contribution is -0.115. The predicted molar refractivity (Wildman–Crippen MR) is 119 cm³/mol. The van der Waals surface area contributed by atoms with Crippen LogP contribution in [0.3, 0.4) is 0 Å². The standard InChI is InChI=1S/C20H26N4O.HI/c1-3-16-10-8-9-11-17(16)14-22-20(21-4-2)23-15-19(25)24-18-12-6-5-7-13-18;/h5-13H,3-4,14-15H2,1-2H3,(H,24,25)(H2,21,22,23);1H. The zero-order valence-electron chi connectivity index (χ0n) is 15.3. The number of carbonyl (C=O) groups is 1. The van der Waals surface area contributed by atoms with Crippen molar-refractivity contribution in [1.29, 1.82) is 0 Å². The zero-order valence-corrected chi connectivity index (χ0v) is 17.6. The SMILES string of the molecule is CCNC(=NCc1ccccc1CC)NCC(=O)Nc1ccccc1.I. The Kier molecular flexibility index (Phi) is 10.4. The number of rotatable bonds is 7. The topological polar surface area (TPSA) is 65.5 Å². The number of aryl methyl sites for hydroxylation is 1. The summed E-state index contributed by atoms with van der Waals surface area (Å²) in [5.74, 6) is 0.530. The largest absolute Gasteiger partial charge is 0.357 e. The zero-order chi connectivity index (χ0) is 17.9. The van der Waals surface area contributed by atoms with Crippen molar-refractivity contribution >= 4 is 41.5 Å². The molecule has 0 aliphatic carbocycles. The van der Waals surface area contributed by atoms with Crippen LogP contribution in [-0.2, 0) is 17.8 Å². The number of hydrogen-bond donors (Lipinski definition) is 3. The molecule has 0 aliphatic rings. The Morgan fingerprint density at radius 3 is 2.23 bits per heavy atom. The van der Waals surface area contributed by atoms with Gasteiger partial charge in [0.2, 0.25) is 5.91 Å².